The predicted octanol–water partition coefficient (Wildman–Crippen LogP) is 3.11. The Morgan fingerprint density at radius 3 is 2.57 bits per heavy atom. The highest BCUT2D eigenvalue weighted by molar-refractivity contribution is 5.94. The summed E-state index contributed by atoms with van der Waals surface area (Å²) in [5.74, 6) is 0.150. The second-order valence-corrected chi connectivity index (χ2v) is 9.15. The van der Waals surface area contributed by atoms with Gasteiger partial charge in [0.15, 0.2) is 0 Å². The number of hydrogen-bond donors (Lipinski definition) is 2. The molecule has 1 aromatic carbocycles. The van der Waals surface area contributed by atoms with Gasteiger partial charge < -0.3 is 20.3 Å². The van der Waals surface area contributed by atoms with Crippen molar-refractivity contribution in [2.24, 2.45) is 5.92 Å². The summed E-state index contributed by atoms with van der Waals surface area (Å²) in [6.45, 7) is 6.11. The second-order valence-electron chi connectivity index (χ2n) is 9.15. The van der Waals surface area contributed by atoms with Crippen molar-refractivity contribution in [2.45, 2.75) is 64.0 Å². The quantitative estimate of drug-likeness (QED) is 0.713. The Morgan fingerprint density at radius 2 is 1.93 bits per heavy atom. The highest BCUT2D eigenvalue weighted by Crippen LogP contribution is 2.28. The Morgan fingerprint density at radius 1 is 1.20 bits per heavy atom. The first-order valence-corrected chi connectivity index (χ1v) is 10.9. The van der Waals surface area contributed by atoms with Crippen LogP contribution in [0, 0.1) is 11.7 Å². The maximum Gasteiger partial charge on any atom is 0.251 e. The van der Waals surface area contributed by atoms with Crippen LogP contribution in [0.15, 0.2) is 18.2 Å². The van der Waals surface area contributed by atoms with Crippen molar-refractivity contribution in [2.75, 3.05) is 26.7 Å². The Kier molecular flexibility index (Phi) is 7.34. The third-order valence-corrected chi connectivity index (χ3v) is 6.51. The molecular weight excluding hydrogens is 385 g/mol. The van der Waals surface area contributed by atoms with Crippen molar-refractivity contribution >= 4 is 11.8 Å². The van der Waals surface area contributed by atoms with E-state index in [4.69, 9.17) is 4.74 Å². The second kappa shape index (κ2) is 9.77. The van der Waals surface area contributed by atoms with E-state index in [0.29, 0.717) is 30.8 Å². The summed E-state index contributed by atoms with van der Waals surface area (Å²) >= 11 is 0. The molecule has 0 aromatic heterocycles. The van der Waals surface area contributed by atoms with E-state index in [1.807, 2.05) is 4.90 Å². The average Bonchev–Trinajstić information content (AvgIpc) is 3.09. The van der Waals surface area contributed by atoms with Crippen LogP contribution >= 0.6 is 0 Å². The number of amides is 2. The molecule has 0 unspecified atom stereocenters. The van der Waals surface area contributed by atoms with Crippen molar-refractivity contribution in [3.05, 3.63) is 29.6 Å². The van der Waals surface area contributed by atoms with Gasteiger partial charge in [0.05, 0.1) is 13.7 Å². The van der Waals surface area contributed by atoms with Crippen molar-refractivity contribution in [1.82, 2.24) is 15.5 Å². The number of methoxy groups -OCH3 is 1. The third-order valence-electron chi connectivity index (χ3n) is 6.51. The molecule has 1 aliphatic heterocycles. The van der Waals surface area contributed by atoms with E-state index in [-0.39, 0.29) is 22.9 Å². The van der Waals surface area contributed by atoms with Gasteiger partial charge in [-0.05, 0) is 70.4 Å². The molecule has 1 aromatic rings. The first kappa shape index (κ1) is 22.5. The fourth-order valence-electron chi connectivity index (χ4n) is 4.62. The van der Waals surface area contributed by atoms with E-state index in [1.54, 1.807) is 0 Å². The first-order chi connectivity index (χ1) is 14.3. The van der Waals surface area contributed by atoms with Gasteiger partial charge in [-0.25, -0.2) is 4.39 Å². The SMILES string of the molecule is COc1cc(F)cc(C(=O)NC[C@H]2CC[C@H](NCC(=O)N3CCCC3(C)C)CC2)c1. The third kappa shape index (κ3) is 5.72. The van der Waals surface area contributed by atoms with Gasteiger partial charge in [0.25, 0.3) is 5.91 Å². The lowest BCUT2D eigenvalue weighted by Gasteiger charge is -2.33. The molecule has 2 N–H and O–H groups in total. The van der Waals surface area contributed by atoms with Gasteiger partial charge in [-0.2, -0.15) is 0 Å². The molecule has 2 fully saturated rings. The summed E-state index contributed by atoms with van der Waals surface area (Å²) in [6.07, 6.45) is 6.12. The number of rotatable bonds is 7. The maximum absolute atomic E-state index is 13.6. The zero-order chi connectivity index (χ0) is 21.7. The normalized spacial score (nSPS) is 23.3. The molecule has 2 amide bonds. The van der Waals surface area contributed by atoms with Gasteiger partial charge >= 0.3 is 0 Å². The Labute approximate surface area is 178 Å². The molecule has 30 heavy (non-hydrogen) atoms. The number of benzene rings is 1. The molecule has 166 valence electrons. The van der Waals surface area contributed by atoms with Gasteiger partial charge in [-0.15, -0.1) is 0 Å². The van der Waals surface area contributed by atoms with Crippen molar-refractivity contribution in [3.8, 4) is 5.75 Å². The van der Waals surface area contributed by atoms with Gasteiger partial charge in [0, 0.05) is 36.3 Å². The lowest BCUT2D eigenvalue weighted by atomic mass is 9.86. The summed E-state index contributed by atoms with van der Waals surface area (Å²) in [7, 11) is 1.45. The molecular formula is C23H34FN3O3. The standard InChI is InChI=1S/C23H34FN3O3/c1-23(2)9-4-10-27(23)21(28)15-25-19-7-5-16(6-8-19)14-26-22(29)17-11-18(24)13-20(12-17)30-3/h11-13,16,19,25H,4-10,14-15H2,1-3H3,(H,26,29)/t16-,19-. The zero-order valence-electron chi connectivity index (χ0n) is 18.3. The number of ether oxygens (including phenoxy) is 1. The fraction of sp³-hybridized carbons (Fsp3) is 0.652. The Hall–Kier alpha value is -2.15. The highest BCUT2D eigenvalue weighted by Gasteiger charge is 2.35. The van der Waals surface area contributed by atoms with Gasteiger partial charge in [-0.3, -0.25) is 9.59 Å². The Balaban J connectivity index is 1.38. The minimum atomic E-state index is -0.488. The molecule has 7 heteroatoms. The molecule has 1 aliphatic carbocycles. The molecule has 0 radical (unpaired) electrons. The predicted molar refractivity (Wildman–Crippen MR) is 114 cm³/mol. The van der Waals surface area contributed by atoms with Crippen LogP contribution in [0.3, 0.4) is 0 Å². The van der Waals surface area contributed by atoms with Crippen LogP contribution in [-0.4, -0.2) is 55.0 Å². The van der Waals surface area contributed by atoms with Crippen LogP contribution in [0.4, 0.5) is 4.39 Å². The number of nitrogens with one attached hydrogen (secondary N) is 2. The van der Waals surface area contributed by atoms with E-state index in [2.05, 4.69) is 24.5 Å². The lowest BCUT2D eigenvalue weighted by molar-refractivity contribution is -0.133. The molecule has 2 aliphatic rings. The van der Waals surface area contributed by atoms with Gasteiger partial charge in [0.2, 0.25) is 5.91 Å². The topological polar surface area (TPSA) is 70.7 Å². The van der Waals surface area contributed by atoms with Crippen molar-refractivity contribution in [1.29, 1.82) is 0 Å². The van der Waals surface area contributed by atoms with Crippen LogP contribution < -0.4 is 15.4 Å². The molecule has 0 spiro atoms. The van der Waals surface area contributed by atoms with E-state index in [9.17, 15) is 14.0 Å². The summed E-state index contributed by atoms with van der Waals surface area (Å²) < 4.78 is 18.6. The molecule has 6 nitrogen and oxygen atoms in total. The lowest BCUT2D eigenvalue weighted by Crippen LogP contribution is -2.48. The maximum atomic E-state index is 13.6. The molecule has 0 bridgehead atoms. The van der Waals surface area contributed by atoms with Crippen molar-refractivity contribution < 1.29 is 18.7 Å². The minimum absolute atomic E-state index is 0.0275. The average molecular weight is 420 g/mol. The van der Waals surface area contributed by atoms with E-state index < -0.39 is 5.82 Å². The van der Waals surface area contributed by atoms with Crippen LogP contribution in [0.1, 0.15) is 62.7 Å². The van der Waals surface area contributed by atoms with Crippen LogP contribution in [-0.2, 0) is 4.79 Å². The monoisotopic (exact) mass is 419 g/mol. The number of halogens is 1. The smallest absolute Gasteiger partial charge is 0.251 e. The summed E-state index contributed by atoms with van der Waals surface area (Å²) in [4.78, 5) is 26.9. The molecule has 3 rings (SSSR count). The molecule has 1 saturated carbocycles. The molecule has 0 atom stereocenters. The zero-order valence-corrected chi connectivity index (χ0v) is 18.3. The van der Waals surface area contributed by atoms with E-state index in [0.717, 1.165) is 45.1 Å². The number of carbonyl (C=O) groups is 2. The van der Waals surface area contributed by atoms with Crippen molar-refractivity contribution in [3.63, 3.8) is 0 Å². The van der Waals surface area contributed by atoms with Crippen LogP contribution in [0.25, 0.3) is 0 Å². The first-order valence-electron chi connectivity index (χ1n) is 10.9. The van der Waals surface area contributed by atoms with Gasteiger partial charge in [0.1, 0.15) is 11.6 Å². The van der Waals surface area contributed by atoms with E-state index in [1.165, 1.54) is 25.3 Å². The summed E-state index contributed by atoms with van der Waals surface area (Å²) in [5, 5.41) is 6.35. The summed E-state index contributed by atoms with van der Waals surface area (Å²) in [5.41, 5.74) is 0.242. The molecule has 1 heterocycles. The summed E-state index contributed by atoms with van der Waals surface area (Å²) in [6, 6.07) is 4.36. The van der Waals surface area contributed by atoms with Crippen LogP contribution in [0.2, 0.25) is 0 Å². The molecule has 1 saturated heterocycles. The minimum Gasteiger partial charge on any atom is -0.497 e. The van der Waals surface area contributed by atoms with Crippen LogP contribution in [0.5, 0.6) is 5.75 Å². The van der Waals surface area contributed by atoms with Gasteiger partial charge in [-0.1, -0.05) is 0 Å². The fourth-order valence-corrected chi connectivity index (χ4v) is 4.62. The van der Waals surface area contributed by atoms with E-state index >= 15 is 0 Å². The number of hydrogen-bond acceptors (Lipinski definition) is 4. The number of nitrogens with zero attached hydrogens (tertiary/aromatic N) is 1. The largest absolute Gasteiger partial charge is 0.497 e. The number of likely N-dealkylation sites (tertiary alicyclic amines) is 1. The Bertz CT molecular complexity index is 760. The highest BCUT2D eigenvalue weighted by atomic mass is 19.1. The number of carbonyl (C=O) groups excluding carboxylic acids is 2.